The Morgan fingerprint density at radius 3 is 2.80 bits per heavy atom. The van der Waals surface area contributed by atoms with Gasteiger partial charge in [0.25, 0.3) is 5.89 Å². The number of aryl methyl sites for hydroxylation is 1. The van der Waals surface area contributed by atoms with Gasteiger partial charge < -0.3 is 9.84 Å². The summed E-state index contributed by atoms with van der Waals surface area (Å²) in [5.74, 6) is 1.21. The Bertz CT molecular complexity index is 451. The molecular weight excluding hydrogens is 190 g/mol. The molecule has 1 heterocycles. The molecule has 0 aliphatic heterocycles. The molecule has 4 nitrogen and oxygen atoms in total. The summed E-state index contributed by atoms with van der Waals surface area (Å²) in [5.41, 5.74) is 1.96. The molecule has 0 aliphatic rings. The van der Waals surface area contributed by atoms with E-state index in [4.69, 9.17) is 4.52 Å². The van der Waals surface area contributed by atoms with Crippen LogP contribution in [0.4, 0.5) is 5.69 Å². The third-order valence-corrected chi connectivity index (χ3v) is 2.05. The van der Waals surface area contributed by atoms with Gasteiger partial charge in [-0.2, -0.15) is 4.98 Å². The summed E-state index contributed by atoms with van der Waals surface area (Å²) in [6.07, 6.45) is 0. The normalized spacial score (nSPS) is 10.3. The van der Waals surface area contributed by atoms with Crippen molar-refractivity contribution in [3.05, 3.63) is 30.1 Å². The van der Waals surface area contributed by atoms with Gasteiger partial charge in [-0.25, -0.2) is 0 Å². The zero-order valence-electron chi connectivity index (χ0n) is 8.82. The van der Waals surface area contributed by atoms with Gasteiger partial charge in [0.2, 0.25) is 0 Å². The minimum Gasteiger partial charge on any atom is -0.385 e. The second-order valence-corrected chi connectivity index (χ2v) is 3.22. The van der Waals surface area contributed by atoms with Crippen LogP contribution in [-0.4, -0.2) is 16.7 Å². The van der Waals surface area contributed by atoms with Gasteiger partial charge in [0.05, 0.1) is 5.56 Å². The number of para-hydroxylation sites is 1. The quantitative estimate of drug-likeness (QED) is 0.832. The smallest absolute Gasteiger partial charge is 0.260 e. The molecule has 78 valence electrons. The van der Waals surface area contributed by atoms with Crippen LogP contribution in [0.5, 0.6) is 0 Å². The van der Waals surface area contributed by atoms with E-state index in [0.29, 0.717) is 11.7 Å². The molecule has 0 saturated heterocycles. The highest BCUT2D eigenvalue weighted by molar-refractivity contribution is 5.72. The Labute approximate surface area is 88.3 Å². The molecule has 0 radical (unpaired) electrons. The summed E-state index contributed by atoms with van der Waals surface area (Å²) in [4.78, 5) is 4.21. The van der Waals surface area contributed by atoms with Crippen molar-refractivity contribution in [3.63, 3.8) is 0 Å². The van der Waals surface area contributed by atoms with E-state index in [1.165, 1.54) is 0 Å². The lowest BCUT2D eigenvalue weighted by atomic mass is 10.2. The van der Waals surface area contributed by atoms with Gasteiger partial charge >= 0.3 is 0 Å². The standard InChI is InChI=1S/C11H13N3O/c1-3-12-10-7-5-4-6-9(10)11-13-8(2)14-15-11/h4-7,12H,3H2,1-2H3. The first-order chi connectivity index (χ1) is 7.31. The fraction of sp³-hybridized carbons (Fsp3) is 0.273. The Hall–Kier alpha value is -1.84. The maximum atomic E-state index is 5.14. The van der Waals surface area contributed by atoms with Gasteiger partial charge in [0.1, 0.15) is 0 Å². The SMILES string of the molecule is CCNc1ccccc1-c1nc(C)no1. The van der Waals surface area contributed by atoms with E-state index in [1.54, 1.807) is 0 Å². The highest BCUT2D eigenvalue weighted by Crippen LogP contribution is 2.25. The van der Waals surface area contributed by atoms with Crippen LogP contribution in [0.25, 0.3) is 11.5 Å². The molecule has 0 atom stereocenters. The zero-order valence-corrected chi connectivity index (χ0v) is 8.82. The van der Waals surface area contributed by atoms with Crippen LogP contribution in [0.2, 0.25) is 0 Å². The Morgan fingerprint density at radius 2 is 2.13 bits per heavy atom. The monoisotopic (exact) mass is 203 g/mol. The number of rotatable bonds is 3. The van der Waals surface area contributed by atoms with Gasteiger partial charge in [0, 0.05) is 12.2 Å². The predicted octanol–water partition coefficient (Wildman–Crippen LogP) is 2.48. The topological polar surface area (TPSA) is 51.0 Å². The van der Waals surface area contributed by atoms with Crippen LogP contribution in [0.1, 0.15) is 12.7 Å². The summed E-state index contributed by atoms with van der Waals surface area (Å²) in [6, 6.07) is 7.89. The van der Waals surface area contributed by atoms with E-state index in [9.17, 15) is 0 Å². The molecule has 0 bridgehead atoms. The molecule has 2 rings (SSSR count). The van der Waals surface area contributed by atoms with Crippen molar-refractivity contribution < 1.29 is 4.52 Å². The molecule has 0 spiro atoms. The minimum atomic E-state index is 0.559. The lowest BCUT2D eigenvalue weighted by Gasteiger charge is -2.06. The van der Waals surface area contributed by atoms with E-state index in [0.717, 1.165) is 17.8 Å². The summed E-state index contributed by atoms with van der Waals surface area (Å²) >= 11 is 0. The molecule has 1 aromatic carbocycles. The molecule has 0 fully saturated rings. The summed E-state index contributed by atoms with van der Waals surface area (Å²) < 4.78 is 5.14. The van der Waals surface area contributed by atoms with Crippen molar-refractivity contribution in [3.8, 4) is 11.5 Å². The van der Waals surface area contributed by atoms with E-state index >= 15 is 0 Å². The second kappa shape index (κ2) is 4.13. The second-order valence-electron chi connectivity index (χ2n) is 3.22. The zero-order chi connectivity index (χ0) is 10.7. The minimum absolute atomic E-state index is 0.559. The van der Waals surface area contributed by atoms with Gasteiger partial charge in [-0.05, 0) is 26.0 Å². The first kappa shape index (κ1) is 9.71. The fourth-order valence-electron chi connectivity index (χ4n) is 1.42. The molecule has 1 aromatic heterocycles. The van der Waals surface area contributed by atoms with Crippen molar-refractivity contribution in [2.24, 2.45) is 0 Å². The summed E-state index contributed by atoms with van der Waals surface area (Å²) in [7, 11) is 0. The molecule has 15 heavy (non-hydrogen) atoms. The van der Waals surface area contributed by atoms with Gasteiger partial charge in [-0.3, -0.25) is 0 Å². The van der Waals surface area contributed by atoms with E-state index in [-0.39, 0.29) is 0 Å². The Balaban J connectivity index is 2.42. The molecule has 0 amide bonds. The fourth-order valence-corrected chi connectivity index (χ4v) is 1.42. The van der Waals surface area contributed by atoms with Gasteiger partial charge in [0.15, 0.2) is 5.82 Å². The van der Waals surface area contributed by atoms with Crippen molar-refractivity contribution >= 4 is 5.69 Å². The number of nitrogens with one attached hydrogen (secondary N) is 1. The Kier molecular flexibility index (Phi) is 2.67. The third-order valence-electron chi connectivity index (χ3n) is 2.05. The van der Waals surface area contributed by atoms with Crippen LogP contribution < -0.4 is 5.32 Å². The first-order valence-electron chi connectivity index (χ1n) is 4.95. The van der Waals surface area contributed by atoms with Crippen LogP contribution in [0.3, 0.4) is 0 Å². The van der Waals surface area contributed by atoms with Crippen molar-refractivity contribution in [1.29, 1.82) is 0 Å². The maximum absolute atomic E-state index is 5.14. The van der Waals surface area contributed by atoms with Crippen molar-refractivity contribution in [2.45, 2.75) is 13.8 Å². The Morgan fingerprint density at radius 1 is 1.33 bits per heavy atom. The van der Waals surface area contributed by atoms with Crippen molar-refractivity contribution in [1.82, 2.24) is 10.1 Å². The van der Waals surface area contributed by atoms with Crippen LogP contribution in [0, 0.1) is 6.92 Å². The lowest BCUT2D eigenvalue weighted by Crippen LogP contribution is -1.98. The molecule has 2 aromatic rings. The molecule has 0 unspecified atom stereocenters. The number of hydrogen-bond donors (Lipinski definition) is 1. The highest BCUT2D eigenvalue weighted by atomic mass is 16.5. The lowest BCUT2D eigenvalue weighted by molar-refractivity contribution is 0.426. The van der Waals surface area contributed by atoms with Gasteiger partial charge in [-0.15, -0.1) is 0 Å². The average Bonchev–Trinajstić information content (AvgIpc) is 2.66. The molecule has 4 heteroatoms. The van der Waals surface area contributed by atoms with Crippen LogP contribution in [0.15, 0.2) is 28.8 Å². The summed E-state index contributed by atoms with van der Waals surface area (Å²) in [5, 5.41) is 7.04. The van der Waals surface area contributed by atoms with Gasteiger partial charge in [-0.1, -0.05) is 17.3 Å². The number of anilines is 1. The number of hydrogen-bond acceptors (Lipinski definition) is 4. The first-order valence-corrected chi connectivity index (χ1v) is 4.95. The average molecular weight is 203 g/mol. The van der Waals surface area contributed by atoms with E-state index in [2.05, 4.69) is 22.4 Å². The number of aromatic nitrogens is 2. The molecular formula is C11H13N3O. The molecule has 0 saturated carbocycles. The number of benzene rings is 1. The third kappa shape index (κ3) is 1.98. The summed E-state index contributed by atoms with van der Waals surface area (Å²) in [6.45, 7) is 4.73. The van der Waals surface area contributed by atoms with E-state index < -0.39 is 0 Å². The largest absolute Gasteiger partial charge is 0.385 e. The number of nitrogens with zero attached hydrogens (tertiary/aromatic N) is 2. The van der Waals surface area contributed by atoms with Crippen LogP contribution >= 0.6 is 0 Å². The van der Waals surface area contributed by atoms with E-state index in [1.807, 2.05) is 31.2 Å². The van der Waals surface area contributed by atoms with Crippen LogP contribution in [-0.2, 0) is 0 Å². The predicted molar refractivity (Wildman–Crippen MR) is 58.6 cm³/mol. The van der Waals surface area contributed by atoms with Crippen molar-refractivity contribution in [2.75, 3.05) is 11.9 Å². The molecule has 1 N–H and O–H groups in total. The molecule has 0 aliphatic carbocycles. The maximum Gasteiger partial charge on any atom is 0.260 e. The highest BCUT2D eigenvalue weighted by Gasteiger charge is 2.09.